The summed E-state index contributed by atoms with van der Waals surface area (Å²) in [6.07, 6.45) is 0.887. The summed E-state index contributed by atoms with van der Waals surface area (Å²) in [5.74, 6) is 0.653. The van der Waals surface area contributed by atoms with Gasteiger partial charge in [0.1, 0.15) is 30.2 Å². The number of fused-ring (bicyclic) bond motifs is 1. The fraction of sp³-hybridized carbons (Fsp3) is 0.353. The molecule has 0 amide bonds. The third-order valence-corrected chi connectivity index (χ3v) is 5.05. The van der Waals surface area contributed by atoms with Gasteiger partial charge in [0.05, 0.1) is 19.5 Å². The Labute approximate surface area is 163 Å². The molecule has 3 aromatic rings. The monoisotopic (exact) mass is 467 g/mol. The second kappa shape index (κ2) is 7.43. The number of hydrogen-bond donors (Lipinski definition) is 3. The molecular formula is C17H18IN5O3. The van der Waals surface area contributed by atoms with Gasteiger partial charge >= 0.3 is 0 Å². The third kappa shape index (κ3) is 3.52. The Morgan fingerprint density at radius 2 is 2.15 bits per heavy atom. The third-order valence-electron chi connectivity index (χ3n) is 4.38. The molecule has 8 nitrogen and oxygen atoms in total. The maximum atomic E-state index is 9.96. The summed E-state index contributed by atoms with van der Waals surface area (Å²) in [4.78, 5) is 13.0. The fourth-order valence-electron chi connectivity index (χ4n) is 3.00. The smallest absolute Gasteiger partial charge is 0.165 e. The summed E-state index contributed by atoms with van der Waals surface area (Å²) >= 11 is 2.28. The topological polar surface area (TPSA) is 105 Å². The van der Waals surface area contributed by atoms with Crippen LogP contribution in [0.5, 0.6) is 0 Å². The predicted octanol–water partition coefficient (Wildman–Crippen LogP) is 1.16. The molecule has 0 bridgehead atoms. The first-order valence-corrected chi connectivity index (χ1v) is 9.31. The van der Waals surface area contributed by atoms with Gasteiger partial charge in [-0.15, -0.1) is 0 Å². The van der Waals surface area contributed by atoms with Crippen LogP contribution in [0.2, 0.25) is 0 Å². The van der Waals surface area contributed by atoms with E-state index in [0.717, 1.165) is 5.56 Å². The maximum absolute atomic E-state index is 9.96. The van der Waals surface area contributed by atoms with E-state index in [1.165, 1.54) is 9.90 Å². The van der Waals surface area contributed by atoms with E-state index in [9.17, 15) is 10.2 Å². The molecule has 26 heavy (non-hydrogen) atoms. The average molecular weight is 467 g/mol. The van der Waals surface area contributed by atoms with E-state index in [2.05, 4.69) is 55.0 Å². The van der Waals surface area contributed by atoms with Gasteiger partial charge in [0.15, 0.2) is 11.5 Å². The molecule has 0 unspecified atom stereocenters. The van der Waals surface area contributed by atoms with E-state index in [0.29, 0.717) is 30.1 Å². The molecule has 0 spiro atoms. The Bertz CT molecular complexity index is 918. The van der Waals surface area contributed by atoms with E-state index in [-0.39, 0.29) is 6.61 Å². The van der Waals surface area contributed by atoms with Crippen LogP contribution in [-0.2, 0) is 17.8 Å². The Hall–Kier alpha value is -1.82. The van der Waals surface area contributed by atoms with Gasteiger partial charge in [0, 0.05) is 10.1 Å². The van der Waals surface area contributed by atoms with Gasteiger partial charge in [-0.1, -0.05) is 12.1 Å². The highest BCUT2D eigenvalue weighted by Crippen LogP contribution is 2.21. The van der Waals surface area contributed by atoms with Gasteiger partial charge in [-0.2, -0.15) is 0 Å². The van der Waals surface area contributed by atoms with Crippen molar-refractivity contribution in [1.82, 2.24) is 19.5 Å². The Kier molecular flexibility index (Phi) is 5.02. The van der Waals surface area contributed by atoms with Gasteiger partial charge in [-0.3, -0.25) is 0 Å². The molecule has 3 atom stereocenters. The average Bonchev–Trinajstić information content (AvgIpc) is 3.19. The SMILES string of the molecule is O[C@H]1[C@@H](O)CO[C@@H]1Cn1cnc2c(NCc3cccc(I)c3)ncnc21. The molecule has 2 aromatic heterocycles. The van der Waals surface area contributed by atoms with E-state index in [1.807, 2.05) is 12.1 Å². The summed E-state index contributed by atoms with van der Waals surface area (Å²) in [6.45, 7) is 1.13. The molecule has 1 aliphatic heterocycles. The van der Waals surface area contributed by atoms with Crippen LogP contribution < -0.4 is 5.32 Å². The second-order valence-corrected chi connectivity index (χ2v) is 7.45. The summed E-state index contributed by atoms with van der Waals surface area (Å²) in [7, 11) is 0. The molecule has 1 aromatic carbocycles. The minimum absolute atomic E-state index is 0.135. The van der Waals surface area contributed by atoms with Gasteiger partial charge in [-0.05, 0) is 40.3 Å². The highest BCUT2D eigenvalue weighted by Gasteiger charge is 2.35. The number of nitrogens with one attached hydrogen (secondary N) is 1. The lowest BCUT2D eigenvalue weighted by Crippen LogP contribution is -2.32. The number of aromatic nitrogens is 4. The number of rotatable bonds is 5. The van der Waals surface area contributed by atoms with Crippen molar-refractivity contribution in [3.8, 4) is 0 Å². The van der Waals surface area contributed by atoms with Crippen molar-refractivity contribution in [3.05, 3.63) is 46.1 Å². The lowest BCUT2D eigenvalue weighted by Gasteiger charge is -2.15. The number of benzene rings is 1. The first-order valence-electron chi connectivity index (χ1n) is 8.23. The van der Waals surface area contributed by atoms with Crippen LogP contribution in [-0.4, -0.2) is 54.7 Å². The van der Waals surface area contributed by atoms with Gasteiger partial charge in [-0.25, -0.2) is 15.0 Å². The van der Waals surface area contributed by atoms with Crippen LogP contribution in [0.25, 0.3) is 11.2 Å². The number of anilines is 1. The number of ether oxygens (including phenoxy) is 1. The molecular weight excluding hydrogens is 449 g/mol. The summed E-state index contributed by atoms with van der Waals surface area (Å²) < 4.78 is 8.42. The van der Waals surface area contributed by atoms with Crippen LogP contribution in [0.4, 0.5) is 5.82 Å². The highest BCUT2D eigenvalue weighted by atomic mass is 127. The molecule has 0 aliphatic carbocycles. The number of hydrogen-bond acceptors (Lipinski definition) is 7. The summed E-state index contributed by atoms with van der Waals surface area (Å²) in [5, 5.41) is 22.9. The number of aliphatic hydroxyl groups is 2. The summed E-state index contributed by atoms with van der Waals surface area (Å²) in [6, 6.07) is 8.22. The van der Waals surface area contributed by atoms with Gasteiger partial charge in [0.25, 0.3) is 0 Å². The fourth-order valence-corrected chi connectivity index (χ4v) is 3.61. The number of imidazole rings is 1. The van der Waals surface area contributed by atoms with E-state index >= 15 is 0 Å². The van der Waals surface area contributed by atoms with Crippen LogP contribution in [0, 0.1) is 3.57 Å². The van der Waals surface area contributed by atoms with Crippen LogP contribution >= 0.6 is 22.6 Å². The predicted molar refractivity (Wildman–Crippen MR) is 104 cm³/mol. The van der Waals surface area contributed by atoms with E-state index in [1.54, 1.807) is 10.9 Å². The molecule has 1 fully saturated rings. The van der Waals surface area contributed by atoms with E-state index in [4.69, 9.17) is 4.74 Å². The maximum Gasteiger partial charge on any atom is 0.165 e. The number of halogens is 1. The quantitative estimate of drug-likeness (QED) is 0.484. The molecule has 3 N–H and O–H groups in total. The van der Waals surface area contributed by atoms with Crippen molar-refractivity contribution in [3.63, 3.8) is 0 Å². The normalized spacial score (nSPS) is 22.8. The molecule has 136 valence electrons. The Morgan fingerprint density at radius 1 is 1.27 bits per heavy atom. The first kappa shape index (κ1) is 17.6. The molecule has 0 radical (unpaired) electrons. The first-order chi connectivity index (χ1) is 12.6. The highest BCUT2D eigenvalue weighted by molar-refractivity contribution is 14.1. The van der Waals surface area contributed by atoms with Crippen LogP contribution in [0.15, 0.2) is 36.9 Å². The zero-order valence-electron chi connectivity index (χ0n) is 13.8. The molecule has 1 saturated heterocycles. The minimum Gasteiger partial charge on any atom is -0.388 e. The molecule has 4 rings (SSSR count). The van der Waals surface area contributed by atoms with Gasteiger partial charge in [0.2, 0.25) is 0 Å². The molecule has 0 saturated carbocycles. The van der Waals surface area contributed by atoms with Gasteiger partial charge < -0.3 is 24.8 Å². The largest absolute Gasteiger partial charge is 0.388 e. The van der Waals surface area contributed by atoms with Crippen molar-refractivity contribution < 1.29 is 14.9 Å². The van der Waals surface area contributed by atoms with Crippen molar-refractivity contribution in [1.29, 1.82) is 0 Å². The molecule has 1 aliphatic rings. The summed E-state index contributed by atoms with van der Waals surface area (Å²) in [5.41, 5.74) is 2.47. The standard InChI is InChI=1S/C17H18IN5O3/c18-11-3-1-2-10(4-11)5-19-16-14-17(21-8-20-16)23(9-22-14)6-13-15(25)12(24)7-26-13/h1-4,8-9,12-13,15,24-25H,5-7H2,(H,19,20,21)/t12-,13+,15-/m0/s1. The molecule has 9 heteroatoms. The van der Waals surface area contributed by atoms with Crippen molar-refractivity contribution in [2.45, 2.75) is 31.4 Å². The number of aliphatic hydroxyl groups excluding tert-OH is 2. The van der Waals surface area contributed by atoms with Crippen molar-refractivity contribution >= 4 is 39.6 Å². The van der Waals surface area contributed by atoms with Crippen LogP contribution in [0.3, 0.4) is 0 Å². The zero-order chi connectivity index (χ0) is 18.1. The second-order valence-electron chi connectivity index (χ2n) is 6.20. The Morgan fingerprint density at radius 3 is 2.92 bits per heavy atom. The molecule has 3 heterocycles. The van der Waals surface area contributed by atoms with Crippen molar-refractivity contribution in [2.24, 2.45) is 0 Å². The lowest BCUT2D eigenvalue weighted by atomic mass is 10.1. The number of nitrogens with zero attached hydrogens (tertiary/aromatic N) is 4. The lowest BCUT2D eigenvalue weighted by molar-refractivity contribution is 0.0157. The minimum atomic E-state index is -0.910. The zero-order valence-corrected chi connectivity index (χ0v) is 15.9. The Balaban J connectivity index is 1.53. The van der Waals surface area contributed by atoms with Crippen molar-refractivity contribution in [2.75, 3.05) is 11.9 Å². The van der Waals surface area contributed by atoms with E-state index < -0.39 is 18.3 Å². The van der Waals surface area contributed by atoms with Crippen LogP contribution in [0.1, 0.15) is 5.56 Å².